The molecule has 138 valence electrons. The molecule has 7 nitrogen and oxygen atoms in total. The van der Waals surface area contributed by atoms with E-state index in [4.69, 9.17) is 0 Å². The zero-order valence-corrected chi connectivity index (χ0v) is 14.8. The second-order valence-electron chi connectivity index (χ2n) is 5.81. The summed E-state index contributed by atoms with van der Waals surface area (Å²) in [5.74, 6) is 0. The molecule has 0 heterocycles. The molecular weight excluding hydrogens is 310 g/mol. The minimum atomic E-state index is 0.480. The molecule has 0 saturated heterocycles. The minimum Gasteiger partial charge on any atom is -0.304 e. The smallest absolute Gasteiger partial charge is 0.121 e. The first-order valence-corrected chi connectivity index (χ1v) is 8.55. The van der Waals surface area contributed by atoms with Crippen molar-refractivity contribution in [3.63, 3.8) is 0 Å². The zero-order chi connectivity index (χ0) is 18.0. The van der Waals surface area contributed by atoms with Crippen LogP contribution in [0.3, 0.4) is 0 Å². The minimum absolute atomic E-state index is 0.480. The Kier molecular flexibility index (Phi) is 15.4. The topological polar surface area (TPSA) is 78.0 Å². The Morgan fingerprint density at radius 1 is 0.500 bits per heavy atom. The summed E-state index contributed by atoms with van der Waals surface area (Å²) in [5, 5.41) is 0. The number of hydrogen-bond acceptors (Lipinski definition) is 7. The number of hydrogen-bond donors (Lipinski definition) is 0. The first kappa shape index (κ1) is 22.6. The van der Waals surface area contributed by atoms with E-state index < -0.39 is 0 Å². The van der Waals surface area contributed by atoms with Crippen LogP contribution in [-0.4, -0.2) is 99.3 Å². The average molecular weight is 341 g/mol. The maximum Gasteiger partial charge on any atom is 0.121 e. The van der Waals surface area contributed by atoms with Gasteiger partial charge in [-0.2, -0.15) is 0 Å². The van der Waals surface area contributed by atoms with Crippen molar-refractivity contribution in [2.75, 3.05) is 59.4 Å². The van der Waals surface area contributed by atoms with Gasteiger partial charge in [-0.25, -0.2) is 0 Å². The van der Waals surface area contributed by atoms with Gasteiger partial charge in [0.05, 0.1) is 0 Å². The molecule has 0 aromatic rings. The third-order valence-corrected chi connectivity index (χ3v) is 3.85. The molecule has 0 rings (SSSR count). The van der Waals surface area contributed by atoms with Gasteiger partial charge in [0.2, 0.25) is 0 Å². The van der Waals surface area contributed by atoms with Crippen LogP contribution in [0.4, 0.5) is 0 Å². The fourth-order valence-corrected chi connectivity index (χ4v) is 2.35. The summed E-state index contributed by atoms with van der Waals surface area (Å²) in [6.45, 7) is 6.00. The number of carbonyl (C=O) groups is 4. The predicted molar refractivity (Wildman–Crippen MR) is 93.1 cm³/mol. The van der Waals surface area contributed by atoms with Gasteiger partial charge in [0.25, 0.3) is 0 Å². The van der Waals surface area contributed by atoms with E-state index in [1.165, 1.54) is 0 Å². The van der Waals surface area contributed by atoms with Crippen LogP contribution in [0.15, 0.2) is 0 Å². The molecule has 0 bridgehead atoms. The molecule has 0 aromatic carbocycles. The molecule has 0 N–H and O–H groups in total. The summed E-state index contributed by atoms with van der Waals surface area (Å²) >= 11 is 0. The highest BCUT2D eigenvalue weighted by molar-refractivity contribution is 5.50. The zero-order valence-electron chi connectivity index (χ0n) is 14.8. The summed E-state index contributed by atoms with van der Waals surface area (Å²) in [7, 11) is 2.02. The van der Waals surface area contributed by atoms with Crippen molar-refractivity contribution in [3.8, 4) is 0 Å². The number of likely N-dealkylation sites (N-methyl/N-ethyl adjacent to an activating group) is 1. The molecule has 0 aliphatic heterocycles. The Balaban J connectivity index is 4.13. The molecule has 0 unspecified atom stereocenters. The van der Waals surface area contributed by atoms with Gasteiger partial charge in [-0.15, -0.1) is 0 Å². The lowest BCUT2D eigenvalue weighted by Crippen LogP contribution is -2.39. The van der Waals surface area contributed by atoms with Crippen LogP contribution < -0.4 is 0 Å². The number of rotatable bonds is 18. The molecule has 7 heteroatoms. The Morgan fingerprint density at radius 2 is 0.792 bits per heavy atom. The average Bonchev–Trinajstić information content (AvgIpc) is 2.60. The van der Waals surface area contributed by atoms with E-state index >= 15 is 0 Å². The Bertz CT molecular complexity index is 297. The fraction of sp³-hybridized carbons (Fsp3) is 0.765. The van der Waals surface area contributed by atoms with Gasteiger partial charge in [0.15, 0.2) is 0 Å². The fourth-order valence-electron chi connectivity index (χ4n) is 2.35. The van der Waals surface area contributed by atoms with E-state index in [0.717, 1.165) is 51.3 Å². The van der Waals surface area contributed by atoms with Gasteiger partial charge in [0.1, 0.15) is 25.1 Å². The Labute approximate surface area is 145 Å². The maximum atomic E-state index is 10.5. The standard InChI is InChI=1S/C17H31N3O4/c1-18(10-12-19(6-2-14-21)7-3-15-22)11-13-20(8-4-16-23)9-5-17-24/h14-17H,2-13H2,1H3. The highest BCUT2D eigenvalue weighted by Gasteiger charge is 2.09. The third kappa shape index (κ3) is 13.0. The molecule has 0 radical (unpaired) electrons. The lowest BCUT2D eigenvalue weighted by Gasteiger charge is -2.27. The quantitative estimate of drug-likeness (QED) is 0.322. The van der Waals surface area contributed by atoms with Crippen molar-refractivity contribution >= 4 is 25.1 Å². The summed E-state index contributed by atoms with van der Waals surface area (Å²) in [6, 6.07) is 0. The molecule has 0 saturated carbocycles. The summed E-state index contributed by atoms with van der Waals surface area (Å²) < 4.78 is 0. The van der Waals surface area contributed by atoms with Crippen LogP contribution >= 0.6 is 0 Å². The van der Waals surface area contributed by atoms with Crippen LogP contribution in [0.2, 0.25) is 0 Å². The lowest BCUT2D eigenvalue weighted by atomic mass is 10.3. The third-order valence-electron chi connectivity index (χ3n) is 3.85. The molecule has 24 heavy (non-hydrogen) atoms. The first-order valence-electron chi connectivity index (χ1n) is 8.55. The van der Waals surface area contributed by atoms with Gasteiger partial charge < -0.3 is 33.9 Å². The van der Waals surface area contributed by atoms with Gasteiger partial charge >= 0.3 is 0 Å². The van der Waals surface area contributed by atoms with Gasteiger partial charge in [-0.05, 0) is 7.05 Å². The monoisotopic (exact) mass is 341 g/mol. The summed E-state index contributed by atoms with van der Waals surface area (Å²) in [6.07, 6.45) is 5.51. The Morgan fingerprint density at radius 3 is 1.04 bits per heavy atom. The molecular formula is C17H31N3O4. The van der Waals surface area contributed by atoms with E-state index in [9.17, 15) is 19.2 Å². The molecule has 0 aliphatic carbocycles. The molecule has 0 atom stereocenters. The van der Waals surface area contributed by atoms with Crippen LogP contribution in [0.5, 0.6) is 0 Å². The van der Waals surface area contributed by atoms with E-state index in [2.05, 4.69) is 14.7 Å². The number of aldehydes is 4. The van der Waals surface area contributed by atoms with Crippen molar-refractivity contribution in [2.45, 2.75) is 25.7 Å². The molecule has 0 aromatic heterocycles. The predicted octanol–water partition coefficient (Wildman–Crippen LogP) is -0.122. The number of nitrogens with zero attached hydrogens (tertiary/aromatic N) is 3. The molecule has 0 spiro atoms. The van der Waals surface area contributed by atoms with Gasteiger partial charge in [-0.1, -0.05) is 0 Å². The normalized spacial score (nSPS) is 11.2. The lowest BCUT2D eigenvalue weighted by molar-refractivity contribution is -0.109. The molecule has 0 aliphatic rings. The maximum absolute atomic E-state index is 10.5. The van der Waals surface area contributed by atoms with Crippen molar-refractivity contribution in [2.24, 2.45) is 0 Å². The SMILES string of the molecule is CN(CCN(CCC=O)CCC=O)CCN(CCC=O)CCC=O. The van der Waals surface area contributed by atoms with E-state index in [1.807, 2.05) is 7.05 Å². The van der Waals surface area contributed by atoms with Gasteiger partial charge in [-0.3, -0.25) is 0 Å². The largest absolute Gasteiger partial charge is 0.304 e. The van der Waals surface area contributed by atoms with E-state index in [0.29, 0.717) is 51.9 Å². The second-order valence-corrected chi connectivity index (χ2v) is 5.81. The van der Waals surface area contributed by atoms with Crippen LogP contribution in [0.25, 0.3) is 0 Å². The van der Waals surface area contributed by atoms with Crippen molar-refractivity contribution < 1.29 is 19.2 Å². The van der Waals surface area contributed by atoms with E-state index in [-0.39, 0.29) is 0 Å². The summed E-state index contributed by atoms with van der Waals surface area (Å²) in [4.78, 5) is 48.5. The molecule has 0 fully saturated rings. The van der Waals surface area contributed by atoms with Crippen LogP contribution in [0, 0.1) is 0 Å². The Hall–Kier alpha value is -1.44. The van der Waals surface area contributed by atoms with Gasteiger partial charge in [0, 0.05) is 78.0 Å². The van der Waals surface area contributed by atoms with Crippen LogP contribution in [-0.2, 0) is 19.2 Å². The highest BCUT2D eigenvalue weighted by atomic mass is 16.1. The van der Waals surface area contributed by atoms with Crippen molar-refractivity contribution in [3.05, 3.63) is 0 Å². The number of carbonyl (C=O) groups excluding carboxylic acids is 4. The second kappa shape index (κ2) is 16.4. The summed E-state index contributed by atoms with van der Waals surface area (Å²) in [5.41, 5.74) is 0. The highest BCUT2D eigenvalue weighted by Crippen LogP contribution is 1.97. The van der Waals surface area contributed by atoms with Crippen LogP contribution in [0.1, 0.15) is 25.7 Å². The molecule has 0 amide bonds. The van der Waals surface area contributed by atoms with Crippen molar-refractivity contribution in [1.29, 1.82) is 0 Å². The van der Waals surface area contributed by atoms with Crippen molar-refractivity contribution in [1.82, 2.24) is 14.7 Å². The first-order chi connectivity index (χ1) is 11.7. The van der Waals surface area contributed by atoms with E-state index in [1.54, 1.807) is 0 Å².